The van der Waals surface area contributed by atoms with Gasteiger partial charge in [-0.05, 0) is 43.1 Å². The van der Waals surface area contributed by atoms with Crippen molar-refractivity contribution in [3.05, 3.63) is 51.6 Å². The van der Waals surface area contributed by atoms with Gasteiger partial charge in [0.1, 0.15) is 0 Å². The number of hydrogen-bond donors (Lipinski definition) is 0. The number of fused-ring (bicyclic) bond motifs is 2. The molecule has 7 heteroatoms. The molecular formula is C16H15N3O4. The summed E-state index contributed by atoms with van der Waals surface area (Å²) in [5, 5.41) is 12.1. The average Bonchev–Trinajstić information content (AvgIpc) is 2.73. The van der Waals surface area contributed by atoms with E-state index in [-0.39, 0.29) is 17.5 Å². The van der Waals surface area contributed by atoms with E-state index in [4.69, 9.17) is 0 Å². The van der Waals surface area contributed by atoms with Gasteiger partial charge < -0.3 is 4.90 Å². The van der Waals surface area contributed by atoms with Crippen LogP contribution >= 0.6 is 0 Å². The van der Waals surface area contributed by atoms with Crippen LogP contribution in [0, 0.1) is 10.1 Å². The normalized spacial score (nSPS) is 14.0. The van der Waals surface area contributed by atoms with Crippen LogP contribution in [0.15, 0.2) is 30.3 Å². The monoisotopic (exact) mass is 313 g/mol. The molecule has 0 radical (unpaired) electrons. The Morgan fingerprint density at radius 3 is 2.22 bits per heavy atom. The summed E-state index contributed by atoms with van der Waals surface area (Å²) in [5.41, 5.74) is 0.621. The van der Waals surface area contributed by atoms with Crippen LogP contribution in [0.1, 0.15) is 20.7 Å². The summed E-state index contributed by atoms with van der Waals surface area (Å²) in [4.78, 5) is 38.3. The summed E-state index contributed by atoms with van der Waals surface area (Å²) < 4.78 is 0. The molecule has 2 aromatic carbocycles. The molecule has 1 aliphatic heterocycles. The van der Waals surface area contributed by atoms with Crippen LogP contribution in [0.2, 0.25) is 0 Å². The quantitative estimate of drug-likeness (QED) is 0.489. The van der Waals surface area contributed by atoms with E-state index in [0.29, 0.717) is 35.0 Å². The predicted molar refractivity (Wildman–Crippen MR) is 84.5 cm³/mol. The highest BCUT2D eigenvalue weighted by Crippen LogP contribution is 2.29. The molecule has 0 fully saturated rings. The second kappa shape index (κ2) is 5.44. The van der Waals surface area contributed by atoms with Gasteiger partial charge in [0.05, 0.1) is 16.1 Å². The van der Waals surface area contributed by atoms with E-state index >= 15 is 0 Å². The number of amides is 2. The molecule has 0 spiro atoms. The molecule has 1 heterocycles. The second-order valence-electron chi connectivity index (χ2n) is 5.75. The van der Waals surface area contributed by atoms with Gasteiger partial charge in [-0.1, -0.05) is 0 Å². The lowest BCUT2D eigenvalue weighted by atomic mass is 10.0. The maximum absolute atomic E-state index is 12.4. The molecule has 2 amide bonds. The Morgan fingerprint density at radius 2 is 1.65 bits per heavy atom. The maximum atomic E-state index is 12.4. The van der Waals surface area contributed by atoms with E-state index in [1.807, 2.05) is 19.0 Å². The average molecular weight is 313 g/mol. The van der Waals surface area contributed by atoms with Gasteiger partial charge in [-0.25, -0.2) is 0 Å². The second-order valence-corrected chi connectivity index (χ2v) is 5.75. The third-order valence-electron chi connectivity index (χ3n) is 3.89. The zero-order chi connectivity index (χ0) is 16.7. The number of non-ortho nitro benzene ring substituents is 1. The minimum atomic E-state index is -0.483. The third-order valence-corrected chi connectivity index (χ3v) is 3.89. The zero-order valence-electron chi connectivity index (χ0n) is 12.8. The Labute approximate surface area is 132 Å². The van der Waals surface area contributed by atoms with Gasteiger partial charge in [-0.15, -0.1) is 0 Å². The first-order valence-electron chi connectivity index (χ1n) is 7.11. The van der Waals surface area contributed by atoms with E-state index in [2.05, 4.69) is 0 Å². The zero-order valence-corrected chi connectivity index (χ0v) is 12.8. The number of benzene rings is 2. The number of carbonyl (C=O) groups is 2. The molecule has 7 nitrogen and oxygen atoms in total. The standard InChI is InChI=1S/C16H15N3O4/c1-17(2)5-6-18-15(20)13-8-10-3-4-12(19(22)23)7-11(10)9-14(13)16(18)21/h3-4,7-9H,5-6H2,1-2H3. The molecule has 1 aliphatic rings. The van der Waals surface area contributed by atoms with E-state index in [0.717, 1.165) is 0 Å². The number of likely N-dealkylation sites (N-methyl/N-ethyl adjacent to an activating group) is 1. The Kier molecular flexibility index (Phi) is 3.57. The molecule has 0 N–H and O–H groups in total. The van der Waals surface area contributed by atoms with Crippen LogP contribution in [0.3, 0.4) is 0 Å². The molecule has 0 atom stereocenters. The van der Waals surface area contributed by atoms with Gasteiger partial charge in [-0.3, -0.25) is 24.6 Å². The summed E-state index contributed by atoms with van der Waals surface area (Å²) in [5.74, 6) is -0.660. The minimum Gasteiger partial charge on any atom is -0.308 e. The van der Waals surface area contributed by atoms with Crippen molar-refractivity contribution in [1.29, 1.82) is 0 Å². The minimum absolute atomic E-state index is 0.0429. The smallest absolute Gasteiger partial charge is 0.270 e. The topological polar surface area (TPSA) is 83.8 Å². The first-order valence-corrected chi connectivity index (χ1v) is 7.11. The molecule has 0 bridgehead atoms. The Morgan fingerprint density at radius 1 is 1.04 bits per heavy atom. The molecule has 2 aromatic rings. The van der Waals surface area contributed by atoms with Crippen molar-refractivity contribution < 1.29 is 14.5 Å². The van der Waals surface area contributed by atoms with Crippen molar-refractivity contribution in [2.24, 2.45) is 0 Å². The molecule has 0 saturated carbocycles. The van der Waals surface area contributed by atoms with Crippen molar-refractivity contribution in [3.8, 4) is 0 Å². The summed E-state index contributed by atoms with van der Waals surface area (Å²) in [6, 6.07) is 7.58. The van der Waals surface area contributed by atoms with Crippen molar-refractivity contribution in [2.45, 2.75) is 0 Å². The SMILES string of the molecule is CN(C)CCN1C(=O)c2cc3ccc([N+](=O)[O-])cc3cc2C1=O. The predicted octanol–water partition coefficient (Wildman–Crippen LogP) is 1.91. The summed E-state index contributed by atoms with van der Waals surface area (Å²) in [6.07, 6.45) is 0. The highest BCUT2D eigenvalue weighted by atomic mass is 16.6. The Bertz CT molecular complexity index is 845. The van der Waals surface area contributed by atoms with E-state index in [1.165, 1.54) is 17.0 Å². The van der Waals surface area contributed by atoms with Crippen LogP contribution in [0.4, 0.5) is 5.69 Å². The van der Waals surface area contributed by atoms with E-state index in [1.54, 1.807) is 18.2 Å². The van der Waals surface area contributed by atoms with Crippen molar-refractivity contribution >= 4 is 28.3 Å². The molecule has 23 heavy (non-hydrogen) atoms. The third kappa shape index (κ3) is 2.55. The van der Waals surface area contributed by atoms with Gasteiger partial charge in [0.2, 0.25) is 0 Å². The lowest BCUT2D eigenvalue weighted by Gasteiger charge is -2.16. The first kappa shape index (κ1) is 15.1. The van der Waals surface area contributed by atoms with E-state index < -0.39 is 4.92 Å². The van der Waals surface area contributed by atoms with Gasteiger partial charge >= 0.3 is 0 Å². The Hall–Kier alpha value is -2.80. The number of imide groups is 1. The number of carbonyl (C=O) groups excluding carboxylic acids is 2. The van der Waals surface area contributed by atoms with Crippen molar-refractivity contribution in [3.63, 3.8) is 0 Å². The molecule has 0 saturated heterocycles. The molecule has 118 valence electrons. The number of nitro benzene ring substituents is 1. The van der Waals surface area contributed by atoms with Crippen LogP contribution in [0.25, 0.3) is 10.8 Å². The molecule has 0 aromatic heterocycles. The fourth-order valence-corrected chi connectivity index (χ4v) is 2.64. The van der Waals surface area contributed by atoms with E-state index in [9.17, 15) is 19.7 Å². The van der Waals surface area contributed by atoms with Crippen LogP contribution in [0.5, 0.6) is 0 Å². The molecule has 0 aliphatic carbocycles. The number of nitro groups is 1. The van der Waals surface area contributed by atoms with Gasteiger partial charge in [0.25, 0.3) is 17.5 Å². The lowest BCUT2D eigenvalue weighted by Crippen LogP contribution is -2.35. The highest BCUT2D eigenvalue weighted by molar-refractivity contribution is 6.23. The van der Waals surface area contributed by atoms with Crippen molar-refractivity contribution in [2.75, 3.05) is 27.2 Å². The molecular weight excluding hydrogens is 298 g/mol. The van der Waals surface area contributed by atoms with Gasteiger partial charge in [0, 0.05) is 25.2 Å². The van der Waals surface area contributed by atoms with Gasteiger partial charge in [0.15, 0.2) is 0 Å². The number of hydrogen-bond acceptors (Lipinski definition) is 5. The summed E-state index contributed by atoms with van der Waals surface area (Å²) in [6.45, 7) is 0.895. The Balaban J connectivity index is 2.04. The summed E-state index contributed by atoms with van der Waals surface area (Å²) >= 11 is 0. The largest absolute Gasteiger partial charge is 0.308 e. The highest BCUT2D eigenvalue weighted by Gasteiger charge is 2.35. The number of rotatable bonds is 4. The maximum Gasteiger partial charge on any atom is 0.270 e. The molecule has 3 rings (SSSR count). The van der Waals surface area contributed by atoms with Crippen LogP contribution in [-0.4, -0.2) is 53.7 Å². The fourth-order valence-electron chi connectivity index (χ4n) is 2.64. The van der Waals surface area contributed by atoms with Crippen LogP contribution < -0.4 is 0 Å². The first-order chi connectivity index (χ1) is 10.9. The number of nitrogens with zero attached hydrogens (tertiary/aromatic N) is 3. The van der Waals surface area contributed by atoms with Crippen LogP contribution in [-0.2, 0) is 0 Å². The molecule has 0 unspecified atom stereocenters. The fraction of sp³-hybridized carbons (Fsp3) is 0.250. The lowest BCUT2D eigenvalue weighted by molar-refractivity contribution is -0.384. The van der Waals surface area contributed by atoms with Gasteiger partial charge in [-0.2, -0.15) is 0 Å². The summed E-state index contributed by atoms with van der Waals surface area (Å²) in [7, 11) is 3.73. The van der Waals surface area contributed by atoms with Crippen molar-refractivity contribution in [1.82, 2.24) is 9.80 Å².